The second kappa shape index (κ2) is 6.61. The number of hydrogen-bond donors (Lipinski definition) is 0. The van der Waals surface area contributed by atoms with E-state index in [2.05, 4.69) is 56.3 Å². The van der Waals surface area contributed by atoms with Gasteiger partial charge in [-0.3, -0.25) is 0 Å². The van der Waals surface area contributed by atoms with Crippen LogP contribution in [0.4, 0.5) is 0 Å². The van der Waals surface area contributed by atoms with E-state index in [1.807, 2.05) is 27.0 Å². The second-order valence-electron chi connectivity index (χ2n) is 6.36. The van der Waals surface area contributed by atoms with Gasteiger partial charge in [-0.15, -0.1) is 11.8 Å². The van der Waals surface area contributed by atoms with Crippen LogP contribution in [0.1, 0.15) is 22.8 Å². The normalized spacial score (nSPS) is 11.4. The number of fused-ring (bicyclic) bond motifs is 1. The zero-order valence-electron chi connectivity index (χ0n) is 15.3. The number of benzene rings is 1. The lowest BCUT2D eigenvalue weighted by Gasteiger charge is -2.09. The Morgan fingerprint density at radius 2 is 2.00 bits per heavy atom. The van der Waals surface area contributed by atoms with E-state index in [1.165, 1.54) is 10.5 Å². The van der Waals surface area contributed by atoms with Gasteiger partial charge in [0.05, 0.1) is 11.2 Å². The van der Waals surface area contributed by atoms with Crippen molar-refractivity contribution in [3.63, 3.8) is 0 Å². The van der Waals surface area contributed by atoms with E-state index >= 15 is 0 Å². The first-order valence-electron chi connectivity index (χ1n) is 8.46. The molecular formula is C20H20N4OS. The topological polar surface area (TPSA) is 56.7 Å². The van der Waals surface area contributed by atoms with Crippen LogP contribution in [0.3, 0.4) is 0 Å². The molecule has 5 nitrogen and oxygen atoms in total. The lowest BCUT2D eigenvalue weighted by atomic mass is 10.1. The van der Waals surface area contributed by atoms with Crippen LogP contribution in [0.2, 0.25) is 0 Å². The summed E-state index contributed by atoms with van der Waals surface area (Å²) in [5.41, 5.74) is 5.93. The summed E-state index contributed by atoms with van der Waals surface area (Å²) >= 11 is 1.75. The molecule has 0 fully saturated rings. The van der Waals surface area contributed by atoms with Crippen LogP contribution in [0.15, 0.2) is 45.9 Å². The van der Waals surface area contributed by atoms with Crippen molar-refractivity contribution >= 4 is 22.9 Å². The molecule has 4 aromatic rings. The average Bonchev–Trinajstić information content (AvgIpc) is 3.14. The highest BCUT2D eigenvalue weighted by Crippen LogP contribution is 2.29. The molecule has 0 bridgehead atoms. The summed E-state index contributed by atoms with van der Waals surface area (Å²) < 4.78 is 7.53. The Kier molecular flexibility index (Phi) is 4.28. The summed E-state index contributed by atoms with van der Waals surface area (Å²) in [6.07, 6.45) is 3.94. The fourth-order valence-electron chi connectivity index (χ4n) is 3.30. The Bertz CT molecular complexity index is 1080. The Morgan fingerprint density at radius 1 is 1.15 bits per heavy atom. The number of aromatic nitrogens is 4. The van der Waals surface area contributed by atoms with Gasteiger partial charge in [0.15, 0.2) is 5.65 Å². The largest absolute Gasteiger partial charge is 0.361 e. The minimum Gasteiger partial charge on any atom is -0.361 e. The van der Waals surface area contributed by atoms with Gasteiger partial charge in [0.1, 0.15) is 11.6 Å². The molecule has 6 heteroatoms. The molecule has 26 heavy (non-hydrogen) atoms. The predicted molar refractivity (Wildman–Crippen MR) is 105 cm³/mol. The van der Waals surface area contributed by atoms with Gasteiger partial charge in [-0.1, -0.05) is 17.3 Å². The molecule has 132 valence electrons. The lowest BCUT2D eigenvalue weighted by molar-refractivity contribution is 0.393. The van der Waals surface area contributed by atoms with Crippen LogP contribution in [-0.2, 0) is 6.54 Å². The van der Waals surface area contributed by atoms with Crippen molar-refractivity contribution in [2.45, 2.75) is 32.2 Å². The number of aryl methyl sites for hydroxylation is 3. The fraction of sp³-hybridized carbons (Fsp3) is 0.250. The van der Waals surface area contributed by atoms with Crippen molar-refractivity contribution in [3.05, 3.63) is 59.4 Å². The van der Waals surface area contributed by atoms with Crippen molar-refractivity contribution < 1.29 is 4.52 Å². The molecule has 0 unspecified atom stereocenters. The van der Waals surface area contributed by atoms with E-state index in [0.717, 1.165) is 46.1 Å². The molecule has 0 aliphatic carbocycles. The minimum atomic E-state index is 0.763. The smallest absolute Gasteiger partial charge is 0.177 e. The molecule has 0 amide bonds. The van der Waals surface area contributed by atoms with Gasteiger partial charge in [-0.05, 0) is 50.8 Å². The second-order valence-corrected chi connectivity index (χ2v) is 7.24. The molecule has 0 aliphatic heterocycles. The summed E-state index contributed by atoms with van der Waals surface area (Å²) in [6, 6.07) is 10.7. The number of thioether (sulfide) groups is 1. The zero-order valence-corrected chi connectivity index (χ0v) is 16.1. The molecule has 0 atom stereocenters. The van der Waals surface area contributed by atoms with Crippen LogP contribution in [0, 0.1) is 20.8 Å². The van der Waals surface area contributed by atoms with E-state index in [9.17, 15) is 0 Å². The fourth-order valence-corrected chi connectivity index (χ4v) is 3.79. The van der Waals surface area contributed by atoms with Gasteiger partial charge in [-0.25, -0.2) is 9.97 Å². The van der Waals surface area contributed by atoms with Gasteiger partial charge in [0.25, 0.3) is 0 Å². The van der Waals surface area contributed by atoms with Crippen molar-refractivity contribution in [1.82, 2.24) is 19.7 Å². The van der Waals surface area contributed by atoms with Crippen LogP contribution >= 0.6 is 11.8 Å². The molecule has 0 saturated carbocycles. The van der Waals surface area contributed by atoms with Crippen LogP contribution in [0.5, 0.6) is 0 Å². The van der Waals surface area contributed by atoms with Crippen molar-refractivity contribution in [3.8, 4) is 11.1 Å². The third kappa shape index (κ3) is 2.90. The van der Waals surface area contributed by atoms with Crippen LogP contribution in [-0.4, -0.2) is 25.9 Å². The molecular weight excluding hydrogens is 344 g/mol. The summed E-state index contributed by atoms with van der Waals surface area (Å²) in [5.74, 6) is 1.76. The first kappa shape index (κ1) is 16.8. The van der Waals surface area contributed by atoms with E-state index in [1.54, 1.807) is 11.8 Å². The highest BCUT2D eigenvalue weighted by atomic mass is 32.2. The minimum absolute atomic E-state index is 0.763. The van der Waals surface area contributed by atoms with Gasteiger partial charge < -0.3 is 9.09 Å². The standard InChI is InChI=1S/C20H20N4OS/c1-12-19(13(2)25-23-12)16-9-18-20(21-10-16)22-14(3)24(18)11-15-6-5-7-17(8-15)26-4/h5-10H,11H2,1-4H3. The van der Waals surface area contributed by atoms with E-state index < -0.39 is 0 Å². The molecule has 0 saturated heterocycles. The number of pyridine rings is 1. The van der Waals surface area contributed by atoms with Crippen LogP contribution in [0.25, 0.3) is 22.3 Å². The molecule has 4 rings (SSSR count). The highest BCUT2D eigenvalue weighted by Gasteiger charge is 2.15. The van der Waals surface area contributed by atoms with Gasteiger partial charge in [0, 0.05) is 28.8 Å². The maximum Gasteiger partial charge on any atom is 0.177 e. The van der Waals surface area contributed by atoms with Crippen molar-refractivity contribution in [2.24, 2.45) is 0 Å². The molecule has 3 aromatic heterocycles. The Morgan fingerprint density at radius 3 is 2.73 bits per heavy atom. The lowest BCUT2D eigenvalue weighted by Crippen LogP contribution is -2.02. The number of imidazole rings is 1. The molecule has 0 N–H and O–H groups in total. The first-order valence-corrected chi connectivity index (χ1v) is 9.68. The maximum absolute atomic E-state index is 5.32. The number of rotatable bonds is 4. The maximum atomic E-state index is 5.32. The Labute approximate surface area is 156 Å². The van der Waals surface area contributed by atoms with Crippen molar-refractivity contribution in [1.29, 1.82) is 0 Å². The molecule has 0 radical (unpaired) electrons. The van der Waals surface area contributed by atoms with Gasteiger partial charge >= 0.3 is 0 Å². The summed E-state index contributed by atoms with van der Waals surface area (Å²) in [5, 5.41) is 4.06. The Balaban J connectivity index is 1.81. The third-order valence-electron chi connectivity index (χ3n) is 4.59. The Hall–Kier alpha value is -2.60. The first-order chi connectivity index (χ1) is 12.6. The monoisotopic (exact) mass is 364 g/mol. The van der Waals surface area contributed by atoms with E-state index in [-0.39, 0.29) is 0 Å². The number of nitrogens with zero attached hydrogens (tertiary/aromatic N) is 4. The summed E-state index contributed by atoms with van der Waals surface area (Å²) in [4.78, 5) is 10.5. The molecule has 0 spiro atoms. The SMILES string of the molecule is CSc1cccc(Cn2c(C)nc3ncc(-c4c(C)noc4C)cc32)c1. The van der Waals surface area contributed by atoms with Gasteiger partial charge in [0.2, 0.25) is 0 Å². The average molecular weight is 364 g/mol. The quantitative estimate of drug-likeness (QED) is 0.488. The highest BCUT2D eigenvalue weighted by molar-refractivity contribution is 7.98. The van der Waals surface area contributed by atoms with E-state index in [0.29, 0.717) is 0 Å². The van der Waals surface area contributed by atoms with Crippen LogP contribution < -0.4 is 0 Å². The third-order valence-corrected chi connectivity index (χ3v) is 5.32. The van der Waals surface area contributed by atoms with Gasteiger partial charge in [-0.2, -0.15) is 0 Å². The predicted octanol–water partition coefficient (Wildman–Crippen LogP) is 4.78. The molecule has 3 heterocycles. The number of hydrogen-bond acceptors (Lipinski definition) is 5. The zero-order chi connectivity index (χ0) is 18.3. The van der Waals surface area contributed by atoms with E-state index in [4.69, 9.17) is 4.52 Å². The molecule has 1 aromatic carbocycles. The summed E-state index contributed by atoms with van der Waals surface area (Å²) in [7, 11) is 0. The van der Waals surface area contributed by atoms with Crippen molar-refractivity contribution in [2.75, 3.05) is 6.26 Å². The summed E-state index contributed by atoms with van der Waals surface area (Å²) in [6.45, 7) is 6.67. The molecule has 0 aliphatic rings.